The van der Waals surface area contributed by atoms with Crippen molar-refractivity contribution in [1.29, 1.82) is 0 Å². The van der Waals surface area contributed by atoms with Crippen LogP contribution in [0.4, 0.5) is 0 Å². The van der Waals surface area contributed by atoms with Crippen molar-refractivity contribution in [3.63, 3.8) is 0 Å². The van der Waals surface area contributed by atoms with E-state index < -0.39 is 0 Å². The second kappa shape index (κ2) is 5.99. The van der Waals surface area contributed by atoms with Crippen LogP contribution in [-0.2, 0) is 4.74 Å². The first-order valence-electron chi connectivity index (χ1n) is 5.07. The van der Waals surface area contributed by atoms with Crippen LogP contribution in [0.2, 0.25) is 0 Å². The minimum absolute atomic E-state index is 0.469. The third kappa shape index (κ3) is 3.96. The van der Waals surface area contributed by atoms with E-state index in [9.17, 15) is 0 Å². The van der Waals surface area contributed by atoms with Gasteiger partial charge in [-0.25, -0.2) is 0 Å². The van der Waals surface area contributed by atoms with Crippen LogP contribution in [0.25, 0.3) is 0 Å². The number of nitrogens with zero attached hydrogens (tertiary/aromatic N) is 1. The zero-order valence-electron chi connectivity index (χ0n) is 8.63. The van der Waals surface area contributed by atoms with Crippen molar-refractivity contribution in [2.45, 2.75) is 25.9 Å². The predicted molar refractivity (Wildman–Crippen MR) is 59.4 cm³/mol. The summed E-state index contributed by atoms with van der Waals surface area (Å²) in [6.07, 6.45) is 2.99. The number of hydrogen-bond donors (Lipinski definition) is 0. The van der Waals surface area contributed by atoms with Crippen LogP contribution in [0.1, 0.15) is 19.8 Å². The Morgan fingerprint density at radius 2 is 2.38 bits per heavy atom. The van der Waals surface area contributed by atoms with Gasteiger partial charge in [-0.05, 0) is 25.3 Å². The van der Waals surface area contributed by atoms with Gasteiger partial charge in [-0.3, -0.25) is 0 Å². The van der Waals surface area contributed by atoms with Gasteiger partial charge in [-0.1, -0.05) is 22.9 Å². The first kappa shape index (κ1) is 11.5. The Kier molecular flexibility index (Phi) is 5.29. The molecule has 1 aliphatic rings. The number of methoxy groups -OCH3 is 1. The van der Waals surface area contributed by atoms with Crippen LogP contribution in [0.15, 0.2) is 0 Å². The van der Waals surface area contributed by atoms with Gasteiger partial charge in [0.2, 0.25) is 0 Å². The maximum atomic E-state index is 5.38. The zero-order chi connectivity index (χ0) is 9.68. The fourth-order valence-electron chi connectivity index (χ4n) is 1.86. The molecule has 2 unspecified atom stereocenters. The van der Waals surface area contributed by atoms with E-state index in [0.717, 1.165) is 17.8 Å². The normalized spacial score (nSPS) is 27.5. The summed E-state index contributed by atoms with van der Waals surface area (Å²) in [6, 6.07) is 0. The second-order valence-corrected chi connectivity index (χ2v) is 4.67. The molecule has 0 amide bonds. The summed E-state index contributed by atoms with van der Waals surface area (Å²) in [5.74, 6) is 0.746. The van der Waals surface area contributed by atoms with Gasteiger partial charge in [0, 0.05) is 25.5 Å². The van der Waals surface area contributed by atoms with E-state index in [0.29, 0.717) is 6.10 Å². The molecule has 2 atom stereocenters. The molecule has 2 nitrogen and oxygen atoms in total. The summed E-state index contributed by atoms with van der Waals surface area (Å²) >= 11 is 3.52. The fraction of sp³-hybridized carbons (Fsp3) is 1.00. The highest BCUT2D eigenvalue weighted by molar-refractivity contribution is 9.09. The van der Waals surface area contributed by atoms with Crippen molar-refractivity contribution in [2.75, 3.05) is 32.1 Å². The molecule has 0 aromatic rings. The van der Waals surface area contributed by atoms with Crippen LogP contribution < -0.4 is 0 Å². The monoisotopic (exact) mass is 249 g/mol. The molecule has 0 saturated carbocycles. The smallest absolute Gasteiger partial charge is 0.0698 e. The van der Waals surface area contributed by atoms with Gasteiger partial charge >= 0.3 is 0 Å². The van der Waals surface area contributed by atoms with Crippen molar-refractivity contribution in [3.8, 4) is 0 Å². The van der Waals surface area contributed by atoms with Crippen molar-refractivity contribution >= 4 is 15.9 Å². The molecule has 13 heavy (non-hydrogen) atoms. The molecule has 78 valence electrons. The fourth-order valence-corrected chi connectivity index (χ4v) is 2.07. The number of hydrogen-bond acceptors (Lipinski definition) is 2. The molecule has 0 spiro atoms. The molecule has 0 radical (unpaired) electrons. The molecule has 0 aromatic carbocycles. The molecule has 1 fully saturated rings. The highest BCUT2D eigenvalue weighted by Crippen LogP contribution is 2.14. The molecule has 0 N–H and O–H groups in total. The van der Waals surface area contributed by atoms with Crippen LogP contribution in [0, 0.1) is 5.92 Å². The lowest BCUT2D eigenvalue weighted by Crippen LogP contribution is -2.41. The first-order chi connectivity index (χ1) is 6.26. The van der Waals surface area contributed by atoms with Gasteiger partial charge in [-0.2, -0.15) is 0 Å². The predicted octanol–water partition coefficient (Wildman–Crippen LogP) is 2.13. The second-order valence-electron chi connectivity index (χ2n) is 4.02. The van der Waals surface area contributed by atoms with Crippen molar-refractivity contribution in [1.82, 2.24) is 4.90 Å². The molecular formula is C10H20BrNO. The maximum Gasteiger partial charge on any atom is 0.0698 e. The van der Waals surface area contributed by atoms with Crippen LogP contribution in [0.3, 0.4) is 0 Å². The van der Waals surface area contributed by atoms with Gasteiger partial charge in [0.1, 0.15) is 0 Å². The molecule has 1 heterocycles. The van der Waals surface area contributed by atoms with Gasteiger partial charge in [0.25, 0.3) is 0 Å². The quantitative estimate of drug-likeness (QED) is 0.709. The highest BCUT2D eigenvalue weighted by atomic mass is 79.9. The number of likely N-dealkylation sites (tertiary alicyclic amines) is 1. The van der Waals surface area contributed by atoms with Crippen LogP contribution in [-0.4, -0.2) is 43.1 Å². The van der Waals surface area contributed by atoms with E-state index in [-0.39, 0.29) is 0 Å². The van der Waals surface area contributed by atoms with Gasteiger partial charge in [0.15, 0.2) is 0 Å². The lowest BCUT2D eigenvalue weighted by atomic mass is 10.1. The number of rotatable bonds is 4. The van der Waals surface area contributed by atoms with Crippen molar-refractivity contribution < 1.29 is 4.74 Å². The molecule has 3 heteroatoms. The largest absolute Gasteiger partial charge is 0.380 e. The SMILES string of the molecule is COC1CCCN(CC(C)CBr)C1. The average molecular weight is 250 g/mol. The van der Waals surface area contributed by atoms with E-state index in [1.54, 1.807) is 0 Å². The topological polar surface area (TPSA) is 12.5 Å². The van der Waals surface area contributed by atoms with Crippen molar-refractivity contribution in [3.05, 3.63) is 0 Å². The highest BCUT2D eigenvalue weighted by Gasteiger charge is 2.20. The van der Waals surface area contributed by atoms with Gasteiger partial charge in [0.05, 0.1) is 6.10 Å². The first-order valence-corrected chi connectivity index (χ1v) is 6.19. The van der Waals surface area contributed by atoms with E-state index in [2.05, 4.69) is 27.8 Å². The molecular weight excluding hydrogens is 230 g/mol. The lowest BCUT2D eigenvalue weighted by Gasteiger charge is -2.33. The molecule has 1 aliphatic heterocycles. The zero-order valence-corrected chi connectivity index (χ0v) is 10.2. The summed E-state index contributed by atoms with van der Waals surface area (Å²) in [5.41, 5.74) is 0. The summed E-state index contributed by atoms with van der Waals surface area (Å²) in [4.78, 5) is 2.52. The Bertz CT molecular complexity index is 141. The van der Waals surface area contributed by atoms with E-state index in [1.165, 1.54) is 25.9 Å². The Morgan fingerprint density at radius 1 is 1.62 bits per heavy atom. The van der Waals surface area contributed by atoms with Gasteiger partial charge in [-0.15, -0.1) is 0 Å². The van der Waals surface area contributed by atoms with E-state index in [1.807, 2.05) is 7.11 Å². The number of piperidine rings is 1. The average Bonchev–Trinajstić information content (AvgIpc) is 2.18. The Balaban J connectivity index is 2.25. The Labute approximate surface area is 89.8 Å². The third-order valence-electron chi connectivity index (χ3n) is 2.63. The van der Waals surface area contributed by atoms with Gasteiger partial charge < -0.3 is 9.64 Å². The van der Waals surface area contributed by atoms with Crippen LogP contribution >= 0.6 is 15.9 Å². The summed E-state index contributed by atoms with van der Waals surface area (Å²) in [6.45, 7) is 5.85. The molecule has 0 bridgehead atoms. The number of halogens is 1. The molecule has 1 rings (SSSR count). The molecule has 1 saturated heterocycles. The molecule has 0 aliphatic carbocycles. The maximum absolute atomic E-state index is 5.38. The summed E-state index contributed by atoms with van der Waals surface area (Å²) < 4.78 is 5.38. The number of alkyl halides is 1. The molecule has 0 aromatic heterocycles. The lowest BCUT2D eigenvalue weighted by molar-refractivity contribution is 0.0278. The van der Waals surface area contributed by atoms with E-state index >= 15 is 0 Å². The number of ether oxygens (including phenoxy) is 1. The summed E-state index contributed by atoms with van der Waals surface area (Å²) in [5, 5.41) is 1.10. The van der Waals surface area contributed by atoms with Crippen molar-refractivity contribution in [2.24, 2.45) is 5.92 Å². The summed E-state index contributed by atoms with van der Waals surface area (Å²) in [7, 11) is 1.82. The minimum Gasteiger partial charge on any atom is -0.380 e. The third-order valence-corrected chi connectivity index (χ3v) is 3.73. The standard InChI is InChI=1S/C10H20BrNO/c1-9(6-11)7-12-5-3-4-10(8-12)13-2/h9-10H,3-8H2,1-2H3. The Hall–Kier alpha value is 0.400. The minimum atomic E-state index is 0.469. The van der Waals surface area contributed by atoms with Crippen LogP contribution in [0.5, 0.6) is 0 Å². The Morgan fingerprint density at radius 3 is 3.00 bits per heavy atom. The van der Waals surface area contributed by atoms with E-state index in [4.69, 9.17) is 4.74 Å².